The van der Waals surface area contributed by atoms with Crippen LogP contribution in [0.3, 0.4) is 0 Å². The zero-order chi connectivity index (χ0) is 15.1. The second-order valence-electron chi connectivity index (χ2n) is 5.28. The van der Waals surface area contributed by atoms with Crippen LogP contribution in [0.25, 0.3) is 0 Å². The Morgan fingerprint density at radius 3 is 2.86 bits per heavy atom. The van der Waals surface area contributed by atoms with Crippen molar-refractivity contribution in [3.8, 4) is 11.8 Å². The van der Waals surface area contributed by atoms with Crippen LogP contribution in [-0.2, 0) is 9.53 Å². The average molecular weight is 288 g/mol. The first-order chi connectivity index (χ1) is 10.2. The molecule has 2 rings (SSSR count). The molecule has 112 valence electrons. The Labute approximate surface area is 125 Å². The van der Waals surface area contributed by atoms with Crippen LogP contribution in [0.2, 0.25) is 0 Å². The molecule has 0 N–H and O–H groups in total. The number of ether oxygens (including phenoxy) is 2. The fraction of sp³-hybridized carbons (Fsp3) is 0.500. The Hall–Kier alpha value is -2.06. The van der Waals surface area contributed by atoms with E-state index in [0.717, 1.165) is 26.1 Å². The van der Waals surface area contributed by atoms with Crippen LogP contribution in [0.15, 0.2) is 24.3 Å². The van der Waals surface area contributed by atoms with Crippen molar-refractivity contribution in [3.05, 3.63) is 29.8 Å². The zero-order valence-corrected chi connectivity index (χ0v) is 12.2. The highest BCUT2D eigenvalue weighted by Crippen LogP contribution is 2.15. The van der Waals surface area contributed by atoms with Crippen LogP contribution in [0.5, 0.6) is 5.75 Å². The summed E-state index contributed by atoms with van der Waals surface area (Å²) in [6.45, 7) is 2.27. The Morgan fingerprint density at radius 1 is 1.48 bits per heavy atom. The number of hydrogen-bond donors (Lipinski definition) is 0. The molecule has 1 unspecified atom stereocenters. The number of rotatable bonds is 5. The molecule has 0 aromatic heterocycles. The number of benzene rings is 1. The van der Waals surface area contributed by atoms with E-state index in [-0.39, 0.29) is 12.5 Å². The van der Waals surface area contributed by atoms with Crippen molar-refractivity contribution in [1.82, 2.24) is 4.90 Å². The number of amides is 1. The van der Waals surface area contributed by atoms with E-state index in [0.29, 0.717) is 23.8 Å². The lowest BCUT2D eigenvalue weighted by Crippen LogP contribution is -2.37. The quantitative estimate of drug-likeness (QED) is 0.829. The molecule has 1 aromatic carbocycles. The molecule has 1 saturated heterocycles. The van der Waals surface area contributed by atoms with Gasteiger partial charge in [0.2, 0.25) is 0 Å². The lowest BCUT2D eigenvalue weighted by atomic mass is 10.0. The topological polar surface area (TPSA) is 62.6 Å². The van der Waals surface area contributed by atoms with Gasteiger partial charge in [0.1, 0.15) is 5.75 Å². The van der Waals surface area contributed by atoms with Crippen molar-refractivity contribution >= 4 is 5.91 Å². The molecule has 5 nitrogen and oxygen atoms in total. The molecule has 1 heterocycles. The Balaban J connectivity index is 1.76. The molecule has 0 spiro atoms. The maximum atomic E-state index is 12.0. The fourth-order valence-electron chi connectivity index (χ4n) is 2.32. The first-order valence-corrected chi connectivity index (χ1v) is 7.13. The van der Waals surface area contributed by atoms with E-state index in [1.54, 1.807) is 36.2 Å². The summed E-state index contributed by atoms with van der Waals surface area (Å²) >= 11 is 0. The van der Waals surface area contributed by atoms with E-state index in [1.807, 2.05) is 6.07 Å². The Kier molecular flexibility index (Phi) is 5.59. The third-order valence-corrected chi connectivity index (χ3v) is 3.56. The standard InChI is InChI=1S/C16H20N2O3/c1-18(10-14-3-2-8-20-11-14)16(19)12-21-15-6-4-13(9-17)5-7-15/h4-7,14H,2-3,8,10-12H2,1H3. The molecule has 1 aliphatic heterocycles. The van der Waals surface area contributed by atoms with Crippen LogP contribution in [-0.4, -0.2) is 44.2 Å². The van der Waals surface area contributed by atoms with Gasteiger partial charge in [-0.2, -0.15) is 5.26 Å². The summed E-state index contributed by atoms with van der Waals surface area (Å²) in [6, 6.07) is 8.77. The summed E-state index contributed by atoms with van der Waals surface area (Å²) in [6.07, 6.45) is 2.17. The van der Waals surface area contributed by atoms with E-state index in [9.17, 15) is 4.79 Å². The highest BCUT2D eigenvalue weighted by Gasteiger charge is 2.18. The minimum absolute atomic E-state index is 0.00990. The summed E-state index contributed by atoms with van der Waals surface area (Å²) in [4.78, 5) is 13.7. The molecule has 0 radical (unpaired) electrons. The third-order valence-electron chi connectivity index (χ3n) is 3.56. The molecule has 0 aliphatic carbocycles. The molecule has 0 bridgehead atoms. The van der Waals surface area contributed by atoms with E-state index >= 15 is 0 Å². The summed E-state index contributed by atoms with van der Waals surface area (Å²) in [7, 11) is 1.79. The molecular weight excluding hydrogens is 268 g/mol. The second kappa shape index (κ2) is 7.65. The predicted octanol–water partition coefficient (Wildman–Crippen LogP) is 1.82. The SMILES string of the molecule is CN(CC1CCCOC1)C(=O)COc1ccc(C#N)cc1. The Morgan fingerprint density at radius 2 is 2.24 bits per heavy atom. The van der Waals surface area contributed by atoms with Gasteiger partial charge >= 0.3 is 0 Å². The summed E-state index contributed by atoms with van der Waals surface area (Å²) in [5.41, 5.74) is 0.572. The van der Waals surface area contributed by atoms with Crippen molar-refractivity contribution in [2.45, 2.75) is 12.8 Å². The largest absolute Gasteiger partial charge is 0.484 e. The number of likely N-dealkylation sites (N-methyl/N-ethyl adjacent to an activating group) is 1. The zero-order valence-electron chi connectivity index (χ0n) is 12.2. The molecular formula is C16H20N2O3. The van der Waals surface area contributed by atoms with Crippen molar-refractivity contribution in [2.24, 2.45) is 5.92 Å². The number of carbonyl (C=O) groups is 1. The number of nitrogens with zero attached hydrogens (tertiary/aromatic N) is 2. The van der Waals surface area contributed by atoms with E-state index in [1.165, 1.54) is 0 Å². The van der Waals surface area contributed by atoms with E-state index in [4.69, 9.17) is 14.7 Å². The minimum Gasteiger partial charge on any atom is -0.484 e. The van der Waals surface area contributed by atoms with Crippen LogP contribution in [0, 0.1) is 17.2 Å². The summed E-state index contributed by atoms with van der Waals surface area (Å²) in [5.74, 6) is 0.962. The maximum Gasteiger partial charge on any atom is 0.260 e. The molecule has 21 heavy (non-hydrogen) atoms. The van der Waals surface area contributed by atoms with Gasteiger partial charge in [-0.3, -0.25) is 4.79 Å². The second-order valence-corrected chi connectivity index (χ2v) is 5.28. The van der Waals surface area contributed by atoms with Gasteiger partial charge in [-0.05, 0) is 43.0 Å². The van der Waals surface area contributed by atoms with Crippen LogP contribution in [0.1, 0.15) is 18.4 Å². The number of nitriles is 1. The molecule has 1 aromatic rings. The molecule has 1 fully saturated rings. The van der Waals surface area contributed by atoms with Crippen molar-refractivity contribution in [3.63, 3.8) is 0 Å². The summed E-state index contributed by atoms with van der Waals surface area (Å²) in [5, 5.41) is 8.71. The van der Waals surface area contributed by atoms with Crippen LogP contribution >= 0.6 is 0 Å². The lowest BCUT2D eigenvalue weighted by Gasteiger charge is -2.27. The molecule has 0 saturated carbocycles. The van der Waals surface area contributed by atoms with Crippen LogP contribution in [0.4, 0.5) is 0 Å². The normalized spacial score (nSPS) is 17.8. The van der Waals surface area contributed by atoms with Gasteiger partial charge in [0.05, 0.1) is 18.2 Å². The van der Waals surface area contributed by atoms with Gasteiger partial charge < -0.3 is 14.4 Å². The van der Waals surface area contributed by atoms with Gasteiger partial charge in [0.25, 0.3) is 5.91 Å². The minimum atomic E-state index is -0.0510. The number of carbonyl (C=O) groups excluding carboxylic acids is 1. The van der Waals surface area contributed by atoms with Gasteiger partial charge in [-0.1, -0.05) is 0 Å². The van der Waals surface area contributed by atoms with Gasteiger partial charge in [-0.25, -0.2) is 0 Å². The first-order valence-electron chi connectivity index (χ1n) is 7.13. The molecule has 5 heteroatoms. The monoisotopic (exact) mass is 288 g/mol. The predicted molar refractivity (Wildman–Crippen MR) is 77.8 cm³/mol. The highest BCUT2D eigenvalue weighted by molar-refractivity contribution is 5.77. The smallest absolute Gasteiger partial charge is 0.260 e. The molecule has 1 atom stereocenters. The first kappa shape index (κ1) is 15.3. The highest BCUT2D eigenvalue weighted by atomic mass is 16.5. The van der Waals surface area contributed by atoms with E-state index < -0.39 is 0 Å². The van der Waals surface area contributed by atoms with Gasteiger partial charge in [0.15, 0.2) is 6.61 Å². The molecule has 1 amide bonds. The van der Waals surface area contributed by atoms with Crippen molar-refractivity contribution in [1.29, 1.82) is 5.26 Å². The van der Waals surface area contributed by atoms with E-state index in [2.05, 4.69) is 0 Å². The summed E-state index contributed by atoms with van der Waals surface area (Å²) < 4.78 is 10.9. The molecule has 1 aliphatic rings. The average Bonchev–Trinajstić information content (AvgIpc) is 2.54. The third kappa shape index (κ3) is 4.76. The number of hydrogen-bond acceptors (Lipinski definition) is 4. The maximum absolute atomic E-state index is 12.0. The fourth-order valence-corrected chi connectivity index (χ4v) is 2.32. The lowest BCUT2D eigenvalue weighted by molar-refractivity contribution is -0.133. The van der Waals surface area contributed by atoms with Crippen molar-refractivity contribution < 1.29 is 14.3 Å². The van der Waals surface area contributed by atoms with Crippen molar-refractivity contribution in [2.75, 3.05) is 33.4 Å². The van der Waals surface area contributed by atoms with Crippen LogP contribution < -0.4 is 4.74 Å². The van der Waals surface area contributed by atoms with Gasteiger partial charge in [-0.15, -0.1) is 0 Å². The Bertz CT molecular complexity index is 501. The van der Waals surface area contributed by atoms with Gasteiger partial charge in [0, 0.05) is 20.2 Å².